The van der Waals surface area contributed by atoms with Gasteiger partial charge in [-0.15, -0.1) is 11.3 Å². The first kappa shape index (κ1) is 21.3. The predicted molar refractivity (Wildman–Crippen MR) is 124 cm³/mol. The van der Waals surface area contributed by atoms with E-state index >= 15 is 0 Å². The highest BCUT2D eigenvalue weighted by Crippen LogP contribution is 2.25. The van der Waals surface area contributed by atoms with E-state index in [-0.39, 0.29) is 5.91 Å². The summed E-state index contributed by atoms with van der Waals surface area (Å²) in [6, 6.07) is 15.6. The monoisotopic (exact) mass is 460 g/mol. The van der Waals surface area contributed by atoms with Crippen LogP contribution in [0.5, 0.6) is 0 Å². The highest BCUT2D eigenvalue weighted by molar-refractivity contribution is 7.14. The van der Waals surface area contributed by atoms with Crippen LogP contribution in [0.2, 0.25) is 10.0 Å². The zero-order chi connectivity index (χ0) is 20.9. The molecule has 1 fully saturated rings. The van der Waals surface area contributed by atoms with Crippen molar-refractivity contribution in [3.8, 4) is 11.3 Å². The molecule has 1 aliphatic rings. The first-order valence-corrected chi connectivity index (χ1v) is 11.4. The van der Waals surface area contributed by atoms with Gasteiger partial charge in [0.2, 0.25) is 5.91 Å². The van der Waals surface area contributed by atoms with E-state index in [1.807, 2.05) is 47.8 Å². The second-order valence-corrected chi connectivity index (χ2v) is 8.94. The second-order valence-electron chi connectivity index (χ2n) is 7.24. The minimum Gasteiger partial charge on any atom is -0.301 e. The topological polar surface area (TPSA) is 48.5 Å². The first-order valence-electron chi connectivity index (χ1n) is 9.76. The number of hydrogen-bond donors (Lipinski definition) is 1. The van der Waals surface area contributed by atoms with E-state index in [0.717, 1.165) is 49.5 Å². The highest BCUT2D eigenvalue weighted by Gasteiger charge is 2.20. The number of carbonyl (C=O) groups excluding carboxylic acids is 1. The van der Waals surface area contributed by atoms with Crippen molar-refractivity contribution in [3.63, 3.8) is 0 Å². The average Bonchev–Trinajstić information content (AvgIpc) is 3.20. The van der Waals surface area contributed by atoms with Crippen molar-refractivity contribution in [1.29, 1.82) is 0 Å². The van der Waals surface area contributed by atoms with E-state index in [2.05, 4.69) is 20.1 Å². The lowest BCUT2D eigenvalue weighted by Crippen LogP contribution is -2.48. The van der Waals surface area contributed by atoms with E-state index in [0.29, 0.717) is 21.7 Å². The molecule has 4 rings (SSSR count). The predicted octanol–water partition coefficient (Wildman–Crippen LogP) is 4.87. The number of thiazole rings is 1. The number of anilines is 1. The van der Waals surface area contributed by atoms with Gasteiger partial charge in [-0.2, -0.15) is 0 Å². The van der Waals surface area contributed by atoms with Crippen molar-refractivity contribution in [2.45, 2.75) is 6.54 Å². The second kappa shape index (κ2) is 9.90. The van der Waals surface area contributed by atoms with Crippen molar-refractivity contribution in [2.24, 2.45) is 0 Å². The van der Waals surface area contributed by atoms with Crippen LogP contribution in [0.3, 0.4) is 0 Å². The molecular formula is C22H22Cl2N4OS. The Morgan fingerprint density at radius 2 is 1.77 bits per heavy atom. The summed E-state index contributed by atoms with van der Waals surface area (Å²) in [5.41, 5.74) is 3.00. The minimum atomic E-state index is -0.0295. The molecule has 0 saturated carbocycles. The van der Waals surface area contributed by atoms with Crippen LogP contribution in [0.4, 0.5) is 5.13 Å². The summed E-state index contributed by atoms with van der Waals surface area (Å²) in [5.74, 6) is -0.0295. The van der Waals surface area contributed by atoms with Crippen LogP contribution in [0, 0.1) is 0 Å². The Bertz CT molecular complexity index is 1000. The van der Waals surface area contributed by atoms with E-state index < -0.39 is 0 Å². The molecule has 1 amide bonds. The minimum absolute atomic E-state index is 0.0295. The molecule has 0 aliphatic carbocycles. The smallest absolute Gasteiger partial charge is 0.240 e. The first-order chi connectivity index (χ1) is 14.6. The summed E-state index contributed by atoms with van der Waals surface area (Å²) in [5, 5.41) is 6.87. The molecule has 1 aliphatic heterocycles. The van der Waals surface area contributed by atoms with Crippen molar-refractivity contribution in [2.75, 3.05) is 38.0 Å². The van der Waals surface area contributed by atoms with Crippen LogP contribution >= 0.6 is 34.5 Å². The number of amides is 1. The van der Waals surface area contributed by atoms with Crippen molar-refractivity contribution in [3.05, 3.63) is 69.5 Å². The number of nitrogens with zero attached hydrogens (tertiary/aromatic N) is 3. The number of carbonyl (C=O) groups is 1. The van der Waals surface area contributed by atoms with E-state index in [9.17, 15) is 4.79 Å². The number of halogens is 2. The van der Waals surface area contributed by atoms with Gasteiger partial charge in [0.1, 0.15) is 0 Å². The molecule has 2 aromatic carbocycles. The number of benzene rings is 2. The summed E-state index contributed by atoms with van der Waals surface area (Å²) >= 11 is 13.7. The fraction of sp³-hybridized carbons (Fsp3) is 0.273. The largest absolute Gasteiger partial charge is 0.301 e. The summed E-state index contributed by atoms with van der Waals surface area (Å²) in [6.07, 6.45) is 0. The van der Waals surface area contributed by atoms with Crippen LogP contribution in [0.25, 0.3) is 11.3 Å². The molecule has 3 aromatic rings. The van der Waals surface area contributed by atoms with Gasteiger partial charge in [0.05, 0.1) is 12.2 Å². The zero-order valence-corrected chi connectivity index (χ0v) is 18.7. The van der Waals surface area contributed by atoms with Crippen LogP contribution in [-0.2, 0) is 11.3 Å². The fourth-order valence-electron chi connectivity index (χ4n) is 3.43. The maximum Gasteiger partial charge on any atom is 0.240 e. The molecule has 8 heteroatoms. The number of nitrogens with one attached hydrogen (secondary N) is 1. The normalized spacial score (nSPS) is 15.3. The number of rotatable bonds is 6. The summed E-state index contributed by atoms with van der Waals surface area (Å²) in [6.45, 7) is 4.62. The Morgan fingerprint density at radius 3 is 2.50 bits per heavy atom. The molecule has 0 bridgehead atoms. The van der Waals surface area contributed by atoms with Gasteiger partial charge in [-0.1, -0.05) is 59.6 Å². The third-order valence-electron chi connectivity index (χ3n) is 5.06. The van der Waals surface area contributed by atoms with Crippen molar-refractivity contribution >= 4 is 45.6 Å². The third kappa shape index (κ3) is 5.59. The lowest BCUT2D eigenvalue weighted by atomic mass is 10.2. The number of piperazine rings is 1. The van der Waals surface area contributed by atoms with Crippen LogP contribution in [0.1, 0.15) is 5.56 Å². The molecule has 156 valence electrons. The Labute approximate surface area is 190 Å². The average molecular weight is 461 g/mol. The van der Waals surface area contributed by atoms with Crippen LogP contribution in [-0.4, -0.2) is 53.4 Å². The maximum atomic E-state index is 12.4. The van der Waals surface area contributed by atoms with Gasteiger partial charge in [0, 0.05) is 53.7 Å². The Hall–Kier alpha value is -1.96. The summed E-state index contributed by atoms with van der Waals surface area (Å²) in [4.78, 5) is 21.5. The summed E-state index contributed by atoms with van der Waals surface area (Å²) in [7, 11) is 0. The standard InChI is InChI=1S/C22H22Cl2N4OS/c23-18-7-6-17(19(24)12-18)13-27-8-10-28(11-9-27)14-21(29)26-22-25-20(15-30-22)16-4-2-1-3-5-16/h1-7,12,15H,8-11,13-14H2,(H,25,26,29). The molecule has 0 spiro atoms. The lowest BCUT2D eigenvalue weighted by molar-refractivity contribution is -0.117. The van der Waals surface area contributed by atoms with Gasteiger partial charge in [-0.25, -0.2) is 4.98 Å². The Morgan fingerprint density at radius 1 is 1.03 bits per heavy atom. The number of hydrogen-bond acceptors (Lipinski definition) is 5. The Balaban J connectivity index is 1.24. The SMILES string of the molecule is O=C(CN1CCN(Cc2ccc(Cl)cc2Cl)CC1)Nc1nc(-c2ccccc2)cs1. The van der Waals surface area contributed by atoms with Gasteiger partial charge >= 0.3 is 0 Å². The molecule has 1 aromatic heterocycles. The van der Waals surface area contributed by atoms with Gasteiger partial charge in [-0.05, 0) is 17.7 Å². The molecular weight excluding hydrogens is 439 g/mol. The van der Waals surface area contributed by atoms with Gasteiger partial charge in [0.15, 0.2) is 5.13 Å². The van der Waals surface area contributed by atoms with Crippen molar-refractivity contribution < 1.29 is 4.79 Å². The fourth-order valence-corrected chi connectivity index (χ4v) is 4.63. The van der Waals surface area contributed by atoms with Gasteiger partial charge < -0.3 is 5.32 Å². The van der Waals surface area contributed by atoms with E-state index in [1.165, 1.54) is 11.3 Å². The van der Waals surface area contributed by atoms with Gasteiger partial charge in [-0.3, -0.25) is 14.6 Å². The lowest BCUT2D eigenvalue weighted by Gasteiger charge is -2.34. The highest BCUT2D eigenvalue weighted by atomic mass is 35.5. The van der Waals surface area contributed by atoms with Crippen LogP contribution < -0.4 is 5.32 Å². The quantitative estimate of drug-likeness (QED) is 0.569. The van der Waals surface area contributed by atoms with Gasteiger partial charge in [0.25, 0.3) is 0 Å². The molecule has 30 heavy (non-hydrogen) atoms. The summed E-state index contributed by atoms with van der Waals surface area (Å²) < 4.78 is 0. The molecule has 5 nitrogen and oxygen atoms in total. The molecule has 0 atom stereocenters. The van der Waals surface area contributed by atoms with Crippen LogP contribution in [0.15, 0.2) is 53.9 Å². The molecule has 0 unspecified atom stereocenters. The Kier molecular flexibility index (Phi) is 7.02. The molecule has 2 heterocycles. The van der Waals surface area contributed by atoms with E-state index in [1.54, 1.807) is 6.07 Å². The maximum absolute atomic E-state index is 12.4. The third-order valence-corrected chi connectivity index (χ3v) is 6.41. The zero-order valence-electron chi connectivity index (χ0n) is 16.4. The molecule has 0 radical (unpaired) electrons. The van der Waals surface area contributed by atoms with Crippen molar-refractivity contribution in [1.82, 2.24) is 14.8 Å². The molecule has 1 saturated heterocycles. The number of aromatic nitrogens is 1. The van der Waals surface area contributed by atoms with E-state index in [4.69, 9.17) is 23.2 Å². The molecule has 1 N–H and O–H groups in total.